The summed E-state index contributed by atoms with van der Waals surface area (Å²) in [5, 5.41) is 15.1. The first kappa shape index (κ1) is 13.7. The van der Waals surface area contributed by atoms with Crippen molar-refractivity contribution in [2.24, 2.45) is 0 Å². The minimum Gasteiger partial charge on any atom is -0.493 e. The summed E-state index contributed by atoms with van der Waals surface area (Å²) in [7, 11) is 0. The Kier molecular flexibility index (Phi) is 3.56. The van der Waals surface area contributed by atoms with Gasteiger partial charge in [0.2, 0.25) is 5.88 Å². The molecular formula is C16H20N4O2. The number of hydrogen-bond donors (Lipinski definition) is 1. The van der Waals surface area contributed by atoms with Gasteiger partial charge in [0.15, 0.2) is 5.82 Å². The van der Waals surface area contributed by atoms with Crippen molar-refractivity contribution in [1.82, 2.24) is 19.7 Å². The highest BCUT2D eigenvalue weighted by Crippen LogP contribution is 2.32. The number of morpholine rings is 1. The molecule has 1 aliphatic heterocycles. The maximum Gasteiger partial charge on any atom is 0.219 e. The summed E-state index contributed by atoms with van der Waals surface area (Å²) in [5.74, 6) is 0.906. The van der Waals surface area contributed by atoms with Gasteiger partial charge in [-0.2, -0.15) is 9.78 Å². The second-order valence-corrected chi connectivity index (χ2v) is 5.89. The standard InChI is InChI=1S/C16H20N4O2/c21-16-13-11-12(19-7-9-22-10-8-19)4-5-14(13)18-20(16)15-3-1-2-6-17-15/h1-3,6,12,21H,4-5,7-11H2. The molecule has 4 rings (SSSR count). The summed E-state index contributed by atoms with van der Waals surface area (Å²) in [6.07, 6.45) is 4.57. The van der Waals surface area contributed by atoms with Crippen molar-refractivity contribution in [3.63, 3.8) is 0 Å². The van der Waals surface area contributed by atoms with Gasteiger partial charge >= 0.3 is 0 Å². The Hall–Kier alpha value is -1.92. The number of aryl methyl sites for hydroxylation is 1. The molecule has 3 heterocycles. The van der Waals surface area contributed by atoms with Crippen LogP contribution in [0.15, 0.2) is 24.4 Å². The van der Waals surface area contributed by atoms with Crippen LogP contribution < -0.4 is 0 Å². The third kappa shape index (κ3) is 2.38. The highest BCUT2D eigenvalue weighted by atomic mass is 16.5. The quantitative estimate of drug-likeness (QED) is 0.902. The van der Waals surface area contributed by atoms with Gasteiger partial charge < -0.3 is 9.84 Å². The zero-order valence-corrected chi connectivity index (χ0v) is 12.5. The fraction of sp³-hybridized carbons (Fsp3) is 0.500. The first-order valence-corrected chi connectivity index (χ1v) is 7.86. The lowest BCUT2D eigenvalue weighted by Crippen LogP contribution is -2.45. The Morgan fingerprint density at radius 2 is 2.09 bits per heavy atom. The van der Waals surface area contributed by atoms with Gasteiger partial charge in [-0.05, 0) is 31.4 Å². The number of rotatable bonds is 2. The van der Waals surface area contributed by atoms with Crippen LogP contribution in [0.4, 0.5) is 0 Å². The molecule has 1 atom stereocenters. The second-order valence-electron chi connectivity index (χ2n) is 5.89. The number of ether oxygens (including phenoxy) is 1. The molecule has 0 saturated carbocycles. The lowest BCUT2D eigenvalue weighted by Gasteiger charge is -2.36. The number of pyridine rings is 1. The number of fused-ring (bicyclic) bond motifs is 1. The molecule has 2 aromatic heterocycles. The maximum atomic E-state index is 10.6. The van der Waals surface area contributed by atoms with Gasteiger partial charge in [-0.15, -0.1) is 0 Å². The Labute approximate surface area is 129 Å². The zero-order valence-electron chi connectivity index (χ0n) is 12.5. The van der Waals surface area contributed by atoms with Gasteiger partial charge in [0, 0.05) is 30.9 Å². The van der Waals surface area contributed by atoms with E-state index in [1.807, 2.05) is 18.2 Å². The van der Waals surface area contributed by atoms with Crippen molar-refractivity contribution in [2.75, 3.05) is 26.3 Å². The number of aromatic hydroxyl groups is 1. The Bertz CT molecular complexity index is 650. The van der Waals surface area contributed by atoms with E-state index in [2.05, 4.69) is 15.0 Å². The Balaban J connectivity index is 1.61. The minimum atomic E-state index is 0.242. The molecule has 0 spiro atoms. The fourth-order valence-electron chi connectivity index (χ4n) is 3.43. The second kappa shape index (κ2) is 5.70. The third-order valence-corrected chi connectivity index (χ3v) is 4.62. The maximum absolute atomic E-state index is 10.6. The van der Waals surface area contributed by atoms with Crippen LogP contribution in [0, 0.1) is 0 Å². The molecule has 0 aromatic carbocycles. The van der Waals surface area contributed by atoms with E-state index in [0.717, 1.165) is 56.8 Å². The van der Waals surface area contributed by atoms with Gasteiger partial charge in [-0.1, -0.05) is 6.07 Å². The van der Waals surface area contributed by atoms with E-state index in [1.54, 1.807) is 10.9 Å². The number of nitrogens with zero attached hydrogens (tertiary/aromatic N) is 4. The van der Waals surface area contributed by atoms with Crippen molar-refractivity contribution in [1.29, 1.82) is 0 Å². The first-order valence-electron chi connectivity index (χ1n) is 7.86. The van der Waals surface area contributed by atoms with Crippen LogP contribution in [0.5, 0.6) is 5.88 Å². The third-order valence-electron chi connectivity index (χ3n) is 4.62. The summed E-state index contributed by atoms with van der Waals surface area (Å²) in [5.41, 5.74) is 1.99. The minimum absolute atomic E-state index is 0.242. The van der Waals surface area contributed by atoms with Gasteiger partial charge in [-0.3, -0.25) is 4.90 Å². The van der Waals surface area contributed by atoms with Crippen molar-refractivity contribution in [2.45, 2.75) is 25.3 Å². The molecule has 2 aliphatic rings. The molecular weight excluding hydrogens is 280 g/mol. The van der Waals surface area contributed by atoms with Crippen molar-refractivity contribution >= 4 is 0 Å². The van der Waals surface area contributed by atoms with Crippen molar-refractivity contribution < 1.29 is 9.84 Å². The van der Waals surface area contributed by atoms with Gasteiger partial charge in [0.05, 0.1) is 18.9 Å². The normalized spacial score (nSPS) is 22.5. The van der Waals surface area contributed by atoms with Gasteiger partial charge in [-0.25, -0.2) is 4.98 Å². The largest absolute Gasteiger partial charge is 0.493 e. The predicted molar refractivity (Wildman–Crippen MR) is 81.2 cm³/mol. The average molecular weight is 300 g/mol. The van der Waals surface area contributed by atoms with Crippen LogP contribution in [-0.4, -0.2) is 57.1 Å². The molecule has 22 heavy (non-hydrogen) atoms. The Morgan fingerprint density at radius 3 is 2.86 bits per heavy atom. The molecule has 1 unspecified atom stereocenters. The molecule has 1 saturated heterocycles. The van der Waals surface area contributed by atoms with Crippen molar-refractivity contribution in [3.05, 3.63) is 35.7 Å². The number of aromatic nitrogens is 3. The fourth-order valence-corrected chi connectivity index (χ4v) is 3.43. The summed E-state index contributed by atoms with van der Waals surface area (Å²) in [6, 6.07) is 6.10. The van der Waals surface area contributed by atoms with E-state index < -0.39 is 0 Å². The topological polar surface area (TPSA) is 63.4 Å². The summed E-state index contributed by atoms with van der Waals surface area (Å²) >= 11 is 0. The Morgan fingerprint density at radius 1 is 1.23 bits per heavy atom. The van der Waals surface area contributed by atoms with Crippen LogP contribution in [0.3, 0.4) is 0 Å². The van der Waals surface area contributed by atoms with E-state index >= 15 is 0 Å². The van der Waals surface area contributed by atoms with Gasteiger partial charge in [0.1, 0.15) is 0 Å². The van der Waals surface area contributed by atoms with Crippen LogP contribution in [0.1, 0.15) is 17.7 Å². The molecule has 0 radical (unpaired) electrons. The molecule has 6 nitrogen and oxygen atoms in total. The molecule has 1 fully saturated rings. The van der Waals surface area contributed by atoms with E-state index in [9.17, 15) is 5.11 Å². The van der Waals surface area contributed by atoms with Crippen LogP contribution in [-0.2, 0) is 17.6 Å². The first-order chi connectivity index (χ1) is 10.8. The molecule has 2 aromatic rings. The van der Waals surface area contributed by atoms with E-state index in [0.29, 0.717) is 11.9 Å². The predicted octanol–water partition coefficient (Wildman–Crippen LogP) is 1.16. The van der Waals surface area contributed by atoms with E-state index in [-0.39, 0.29) is 5.88 Å². The smallest absolute Gasteiger partial charge is 0.219 e. The van der Waals surface area contributed by atoms with Crippen LogP contribution >= 0.6 is 0 Å². The highest BCUT2D eigenvalue weighted by molar-refractivity contribution is 5.39. The van der Waals surface area contributed by atoms with Crippen LogP contribution in [0.25, 0.3) is 5.82 Å². The average Bonchev–Trinajstić information content (AvgIpc) is 2.93. The molecule has 0 amide bonds. The van der Waals surface area contributed by atoms with Crippen molar-refractivity contribution in [3.8, 4) is 11.7 Å². The van der Waals surface area contributed by atoms with E-state index in [4.69, 9.17) is 4.74 Å². The SMILES string of the molecule is Oc1c2c(nn1-c1ccccn1)CCC(N1CCOCC1)C2. The van der Waals surface area contributed by atoms with Crippen LogP contribution in [0.2, 0.25) is 0 Å². The lowest BCUT2D eigenvalue weighted by molar-refractivity contribution is 0.0136. The van der Waals surface area contributed by atoms with E-state index in [1.165, 1.54) is 0 Å². The number of hydrogen-bond acceptors (Lipinski definition) is 5. The molecule has 0 bridgehead atoms. The molecule has 1 aliphatic carbocycles. The summed E-state index contributed by atoms with van der Waals surface area (Å²) < 4.78 is 6.99. The molecule has 6 heteroatoms. The van der Waals surface area contributed by atoms with Gasteiger partial charge in [0.25, 0.3) is 0 Å². The summed E-state index contributed by atoms with van der Waals surface area (Å²) in [4.78, 5) is 6.75. The molecule has 1 N–H and O–H groups in total. The lowest BCUT2D eigenvalue weighted by atomic mass is 9.92. The zero-order chi connectivity index (χ0) is 14.9. The monoisotopic (exact) mass is 300 g/mol. The molecule has 116 valence electrons. The summed E-state index contributed by atoms with van der Waals surface area (Å²) in [6.45, 7) is 3.58. The highest BCUT2D eigenvalue weighted by Gasteiger charge is 2.30.